The Morgan fingerprint density at radius 1 is 1.15 bits per heavy atom. The normalized spacial score (nSPS) is 37.9. The van der Waals surface area contributed by atoms with Crippen LogP contribution in [0.5, 0.6) is 0 Å². The highest BCUT2D eigenvalue weighted by molar-refractivity contribution is 5.37. The zero-order valence-corrected chi connectivity index (χ0v) is 23.4. The fourth-order valence-corrected chi connectivity index (χ4v) is 7.46. The van der Waals surface area contributed by atoms with Crippen LogP contribution in [0.15, 0.2) is 47.6 Å². The molecule has 0 saturated heterocycles. The molecule has 192 valence electrons. The van der Waals surface area contributed by atoms with E-state index < -0.39 is 6.10 Å². The molecule has 3 aliphatic rings. The van der Waals surface area contributed by atoms with Gasteiger partial charge in [0.15, 0.2) is 0 Å². The average Bonchev–Trinajstić information content (AvgIpc) is 3.12. The van der Waals surface area contributed by atoms with E-state index in [1.54, 1.807) is 12.7 Å². The van der Waals surface area contributed by atoms with Gasteiger partial charge in [-0.15, -0.1) is 0 Å². The van der Waals surface area contributed by atoms with Gasteiger partial charge in [-0.1, -0.05) is 78.0 Å². The Morgan fingerprint density at radius 3 is 2.50 bits per heavy atom. The third-order valence-corrected chi connectivity index (χ3v) is 10.2. The summed E-state index contributed by atoms with van der Waals surface area (Å²) in [5.74, 6) is 3.29. The minimum Gasteiger partial charge on any atom is -0.393 e. The lowest BCUT2D eigenvalue weighted by Crippen LogP contribution is -2.39. The monoisotopic (exact) mass is 468 g/mol. The second-order valence-corrected chi connectivity index (χ2v) is 12.9. The highest BCUT2D eigenvalue weighted by atomic mass is 16.5. The van der Waals surface area contributed by atoms with E-state index in [9.17, 15) is 5.11 Å². The molecule has 34 heavy (non-hydrogen) atoms. The lowest BCUT2D eigenvalue weighted by atomic mass is 9.61. The molecule has 0 heterocycles. The maximum absolute atomic E-state index is 10.2. The summed E-state index contributed by atoms with van der Waals surface area (Å²) in [5.41, 5.74) is 4.61. The summed E-state index contributed by atoms with van der Waals surface area (Å²) in [6, 6.07) is 0. The summed E-state index contributed by atoms with van der Waals surface area (Å²) in [5, 5.41) is 10.2. The van der Waals surface area contributed by atoms with Crippen molar-refractivity contribution in [2.75, 3.05) is 7.11 Å². The van der Waals surface area contributed by atoms with Gasteiger partial charge in [0.2, 0.25) is 0 Å². The predicted molar refractivity (Wildman–Crippen MR) is 146 cm³/mol. The number of ether oxygens (including phenoxy) is 1. The minimum absolute atomic E-state index is 0.0817. The van der Waals surface area contributed by atoms with Gasteiger partial charge in [-0.25, -0.2) is 0 Å². The third kappa shape index (κ3) is 5.49. The van der Waals surface area contributed by atoms with Crippen molar-refractivity contribution >= 4 is 0 Å². The summed E-state index contributed by atoms with van der Waals surface area (Å²) in [6.45, 7) is 20.1. The van der Waals surface area contributed by atoms with Crippen molar-refractivity contribution in [1.82, 2.24) is 0 Å². The standard InChI is InChI=1S/C32H52O2/c1-21-19-23(3)24(4)27(20-21)14-13-26-11-10-18-32(8)28(15-16-29(26)32)22(2)12-17-30(34-9)31(6,7)25(5)33/h12-14,17,21-23,25,28-30,33H,4,10-11,15-16,18-20H2,1-3,5-9H3/b17-12+,26-13+,27-14+. The fourth-order valence-electron chi connectivity index (χ4n) is 7.46. The molecule has 2 heteroatoms. The summed E-state index contributed by atoms with van der Waals surface area (Å²) in [4.78, 5) is 0. The van der Waals surface area contributed by atoms with Crippen LogP contribution in [0, 0.1) is 40.4 Å². The molecule has 8 unspecified atom stereocenters. The van der Waals surface area contributed by atoms with Gasteiger partial charge in [-0.3, -0.25) is 0 Å². The first-order valence-corrected chi connectivity index (χ1v) is 13.9. The van der Waals surface area contributed by atoms with Crippen molar-refractivity contribution in [3.63, 3.8) is 0 Å². The van der Waals surface area contributed by atoms with Crippen LogP contribution in [-0.4, -0.2) is 24.4 Å². The van der Waals surface area contributed by atoms with Crippen molar-refractivity contribution in [3.8, 4) is 0 Å². The van der Waals surface area contributed by atoms with E-state index in [1.807, 2.05) is 6.92 Å². The number of methoxy groups -OCH3 is 1. The molecule has 0 aliphatic heterocycles. The van der Waals surface area contributed by atoms with E-state index >= 15 is 0 Å². The topological polar surface area (TPSA) is 29.5 Å². The van der Waals surface area contributed by atoms with Gasteiger partial charge in [0, 0.05) is 12.5 Å². The maximum atomic E-state index is 10.2. The number of hydrogen-bond donors (Lipinski definition) is 1. The number of aliphatic hydroxyl groups excluding tert-OH is 1. The maximum Gasteiger partial charge on any atom is 0.0827 e. The van der Waals surface area contributed by atoms with Crippen molar-refractivity contribution in [1.29, 1.82) is 0 Å². The molecule has 0 amide bonds. The molecular weight excluding hydrogens is 416 g/mol. The van der Waals surface area contributed by atoms with Gasteiger partial charge < -0.3 is 9.84 Å². The summed E-state index contributed by atoms with van der Waals surface area (Å²) >= 11 is 0. The molecule has 3 saturated carbocycles. The van der Waals surface area contributed by atoms with Crippen molar-refractivity contribution in [3.05, 3.63) is 47.6 Å². The van der Waals surface area contributed by atoms with Gasteiger partial charge in [0.25, 0.3) is 0 Å². The van der Waals surface area contributed by atoms with Crippen LogP contribution in [0.4, 0.5) is 0 Å². The Balaban J connectivity index is 1.77. The summed E-state index contributed by atoms with van der Waals surface area (Å²) in [7, 11) is 1.76. The number of rotatable bonds is 7. The summed E-state index contributed by atoms with van der Waals surface area (Å²) < 4.78 is 5.78. The molecule has 0 aromatic heterocycles. The lowest BCUT2D eigenvalue weighted by Gasteiger charge is -2.44. The van der Waals surface area contributed by atoms with Crippen LogP contribution >= 0.6 is 0 Å². The van der Waals surface area contributed by atoms with Gasteiger partial charge in [-0.05, 0) is 98.0 Å². The SMILES string of the molecule is C=C1/C(=C/C=C2\CCCC3(C)C2CCC3C(C)/C=C/C(OC)C(C)(C)C(C)O)CC(C)CC1C. The molecule has 0 aromatic carbocycles. The van der Waals surface area contributed by atoms with Crippen molar-refractivity contribution < 1.29 is 9.84 Å². The lowest BCUT2D eigenvalue weighted by molar-refractivity contribution is -0.0365. The number of fused-ring (bicyclic) bond motifs is 1. The van der Waals surface area contributed by atoms with Crippen LogP contribution < -0.4 is 0 Å². The Labute approximate surface area is 210 Å². The molecule has 3 aliphatic carbocycles. The van der Waals surface area contributed by atoms with E-state index in [0.717, 1.165) is 5.92 Å². The average molecular weight is 469 g/mol. The van der Waals surface area contributed by atoms with E-state index in [2.05, 4.69) is 72.4 Å². The molecule has 1 N–H and O–H groups in total. The van der Waals surface area contributed by atoms with Gasteiger partial charge in [0.1, 0.15) is 0 Å². The van der Waals surface area contributed by atoms with Crippen LogP contribution in [0.1, 0.15) is 93.4 Å². The zero-order valence-electron chi connectivity index (χ0n) is 23.4. The largest absolute Gasteiger partial charge is 0.393 e. The van der Waals surface area contributed by atoms with E-state index in [1.165, 1.54) is 56.1 Å². The molecule has 3 rings (SSSR count). The Hall–Kier alpha value is -1.12. The highest BCUT2D eigenvalue weighted by Gasteiger charge is 2.50. The predicted octanol–water partition coefficient (Wildman–Crippen LogP) is 8.29. The van der Waals surface area contributed by atoms with Crippen molar-refractivity contribution in [2.45, 2.75) is 106 Å². The smallest absolute Gasteiger partial charge is 0.0827 e. The van der Waals surface area contributed by atoms with E-state index in [4.69, 9.17) is 4.74 Å². The van der Waals surface area contributed by atoms with Crippen LogP contribution in [-0.2, 0) is 4.74 Å². The Bertz CT molecular complexity index is 813. The first-order chi connectivity index (χ1) is 15.9. The second-order valence-electron chi connectivity index (χ2n) is 12.9. The van der Waals surface area contributed by atoms with Gasteiger partial charge in [-0.2, -0.15) is 0 Å². The first-order valence-electron chi connectivity index (χ1n) is 13.9. The molecule has 0 bridgehead atoms. The first kappa shape index (κ1) is 27.5. The molecular formula is C32H52O2. The zero-order chi connectivity index (χ0) is 25.3. The second kappa shape index (κ2) is 10.9. The minimum atomic E-state index is -0.419. The molecule has 0 spiro atoms. The fraction of sp³-hybridized carbons (Fsp3) is 0.750. The highest BCUT2D eigenvalue weighted by Crippen LogP contribution is 2.59. The third-order valence-electron chi connectivity index (χ3n) is 10.2. The van der Waals surface area contributed by atoms with Crippen molar-refractivity contribution in [2.24, 2.45) is 40.4 Å². The molecule has 3 fully saturated rings. The van der Waals surface area contributed by atoms with E-state index in [0.29, 0.717) is 29.1 Å². The van der Waals surface area contributed by atoms with Crippen LogP contribution in [0.25, 0.3) is 0 Å². The molecule has 2 nitrogen and oxygen atoms in total. The molecule has 0 aromatic rings. The van der Waals surface area contributed by atoms with E-state index in [-0.39, 0.29) is 11.5 Å². The van der Waals surface area contributed by atoms with Crippen LogP contribution in [0.2, 0.25) is 0 Å². The number of hydrogen-bond acceptors (Lipinski definition) is 2. The summed E-state index contributed by atoms with van der Waals surface area (Å²) in [6.07, 6.45) is 18.0. The molecule has 0 radical (unpaired) electrons. The number of aliphatic hydroxyl groups is 1. The van der Waals surface area contributed by atoms with Gasteiger partial charge in [0.05, 0.1) is 12.2 Å². The Kier molecular flexibility index (Phi) is 8.78. The van der Waals surface area contributed by atoms with Crippen LogP contribution in [0.3, 0.4) is 0 Å². The quantitative estimate of drug-likeness (QED) is 0.381. The molecule has 8 atom stereocenters. The van der Waals surface area contributed by atoms with Gasteiger partial charge >= 0.3 is 0 Å². The Morgan fingerprint density at radius 2 is 1.85 bits per heavy atom. The number of allylic oxidation sites excluding steroid dienone is 6.